The van der Waals surface area contributed by atoms with Crippen molar-refractivity contribution >= 4 is 71.2 Å². The van der Waals surface area contributed by atoms with E-state index < -0.39 is 0 Å². The van der Waals surface area contributed by atoms with Gasteiger partial charge in [-0.25, -0.2) is 0 Å². The first kappa shape index (κ1) is 35.7. The van der Waals surface area contributed by atoms with E-state index in [-0.39, 0.29) is 0 Å². The maximum Gasteiger partial charge on any atom is 0.0547 e. The lowest BCUT2D eigenvalue weighted by atomic mass is 9.94. The third-order valence-electron chi connectivity index (χ3n) is 12.6. The summed E-state index contributed by atoms with van der Waals surface area (Å²) in [5, 5.41) is 10.0. The van der Waals surface area contributed by atoms with E-state index >= 15 is 0 Å². The Labute approximate surface area is 360 Å². The summed E-state index contributed by atoms with van der Waals surface area (Å²) < 4.78 is 2.44. The average molecular weight is 789 g/mol. The molecule has 2 heteroatoms. The minimum absolute atomic E-state index is 1.10. The van der Waals surface area contributed by atoms with E-state index in [4.69, 9.17) is 0 Å². The van der Waals surface area contributed by atoms with Gasteiger partial charge in [0.05, 0.1) is 16.7 Å². The fourth-order valence-corrected chi connectivity index (χ4v) is 9.70. The molecule has 11 aromatic carbocycles. The number of para-hydroxylation sites is 1. The van der Waals surface area contributed by atoms with E-state index in [1.165, 1.54) is 81.9 Å². The van der Waals surface area contributed by atoms with Crippen molar-refractivity contribution in [2.75, 3.05) is 4.90 Å². The number of benzene rings is 11. The van der Waals surface area contributed by atoms with Gasteiger partial charge in [-0.05, 0) is 115 Å². The highest BCUT2D eigenvalue weighted by Crippen LogP contribution is 2.43. The van der Waals surface area contributed by atoms with Crippen molar-refractivity contribution in [3.8, 4) is 39.1 Å². The minimum Gasteiger partial charge on any atom is -0.310 e. The van der Waals surface area contributed by atoms with Crippen LogP contribution in [0.15, 0.2) is 243 Å². The number of aromatic nitrogens is 1. The van der Waals surface area contributed by atoms with Crippen LogP contribution in [0.1, 0.15) is 0 Å². The Morgan fingerprint density at radius 1 is 0.290 bits per heavy atom. The molecule has 2 nitrogen and oxygen atoms in total. The molecule has 0 aliphatic rings. The van der Waals surface area contributed by atoms with Gasteiger partial charge in [0.15, 0.2) is 0 Å². The van der Waals surface area contributed by atoms with Crippen molar-refractivity contribution in [3.05, 3.63) is 243 Å². The van der Waals surface area contributed by atoms with Crippen LogP contribution in [0.3, 0.4) is 0 Å². The van der Waals surface area contributed by atoms with Crippen molar-refractivity contribution in [3.63, 3.8) is 0 Å². The van der Waals surface area contributed by atoms with Crippen LogP contribution in [-0.2, 0) is 0 Å². The molecule has 0 aliphatic heterocycles. The second-order valence-electron chi connectivity index (χ2n) is 16.1. The zero-order chi connectivity index (χ0) is 41.0. The lowest BCUT2D eigenvalue weighted by molar-refractivity contribution is 1.18. The van der Waals surface area contributed by atoms with Crippen molar-refractivity contribution < 1.29 is 0 Å². The fraction of sp³-hybridized carbons (Fsp3) is 0. The summed E-state index contributed by atoms with van der Waals surface area (Å²) in [5.74, 6) is 0. The third kappa shape index (κ3) is 5.96. The fourth-order valence-electron chi connectivity index (χ4n) is 9.70. The highest BCUT2D eigenvalue weighted by Gasteiger charge is 2.19. The Morgan fingerprint density at radius 3 is 1.61 bits per heavy atom. The summed E-state index contributed by atoms with van der Waals surface area (Å²) >= 11 is 0. The molecule has 0 unspecified atom stereocenters. The molecule has 0 fully saturated rings. The molecule has 12 rings (SSSR count). The van der Waals surface area contributed by atoms with Gasteiger partial charge in [-0.1, -0.05) is 188 Å². The van der Waals surface area contributed by atoms with Crippen LogP contribution in [0.4, 0.5) is 17.1 Å². The number of anilines is 3. The van der Waals surface area contributed by atoms with E-state index in [0.29, 0.717) is 0 Å². The highest BCUT2D eigenvalue weighted by atomic mass is 15.1. The van der Waals surface area contributed by atoms with Crippen LogP contribution in [0.5, 0.6) is 0 Å². The summed E-state index contributed by atoms with van der Waals surface area (Å²) in [7, 11) is 0. The van der Waals surface area contributed by atoms with E-state index in [2.05, 4.69) is 252 Å². The molecule has 0 N–H and O–H groups in total. The second kappa shape index (κ2) is 14.8. The topological polar surface area (TPSA) is 8.17 Å². The van der Waals surface area contributed by atoms with Gasteiger partial charge < -0.3 is 9.47 Å². The van der Waals surface area contributed by atoms with Gasteiger partial charge in [0.25, 0.3) is 0 Å². The molecular formula is C60H40N2. The van der Waals surface area contributed by atoms with Crippen molar-refractivity contribution in [2.24, 2.45) is 0 Å². The van der Waals surface area contributed by atoms with Crippen LogP contribution in [-0.4, -0.2) is 4.57 Å². The van der Waals surface area contributed by atoms with Crippen LogP contribution >= 0.6 is 0 Å². The van der Waals surface area contributed by atoms with Gasteiger partial charge in [0.2, 0.25) is 0 Å². The summed E-state index contributed by atoms with van der Waals surface area (Å²) in [6.07, 6.45) is 0. The van der Waals surface area contributed by atoms with Gasteiger partial charge in [0, 0.05) is 33.2 Å². The predicted molar refractivity (Wildman–Crippen MR) is 264 cm³/mol. The largest absolute Gasteiger partial charge is 0.310 e. The molecule has 1 heterocycles. The minimum atomic E-state index is 1.10. The Kier molecular flexibility index (Phi) is 8.53. The molecule has 290 valence electrons. The lowest BCUT2D eigenvalue weighted by Crippen LogP contribution is -2.10. The Balaban J connectivity index is 0.959. The normalized spacial score (nSPS) is 11.5. The second-order valence-corrected chi connectivity index (χ2v) is 16.1. The summed E-state index contributed by atoms with van der Waals surface area (Å²) in [4.78, 5) is 2.39. The van der Waals surface area contributed by atoms with Gasteiger partial charge >= 0.3 is 0 Å². The van der Waals surface area contributed by atoms with Crippen molar-refractivity contribution in [1.82, 2.24) is 4.57 Å². The number of nitrogens with zero attached hydrogens (tertiary/aromatic N) is 2. The maximum absolute atomic E-state index is 2.44. The van der Waals surface area contributed by atoms with Crippen LogP contribution in [0, 0.1) is 0 Å². The summed E-state index contributed by atoms with van der Waals surface area (Å²) in [5.41, 5.74) is 14.1. The SMILES string of the molecule is c1ccc(-c2cccc3ccc4c(c5ccccc5n4-c4cccc(-c5ccc(N(c6ccc(-c7cccc8ccccc78)cc6)c6cccc7ccccc67)cc5)c4)c23)cc1. The van der Waals surface area contributed by atoms with Crippen molar-refractivity contribution in [2.45, 2.75) is 0 Å². The summed E-state index contributed by atoms with van der Waals surface area (Å²) in [6, 6.07) is 88.4. The van der Waals surface area contributed by atoms with Crippen LogP contribution < -0.4 is 4.90 Å². The molecule has 0 atom stereocenters. The van der Waals surface area contributed by atoms with Crippen LogP contribution in [0.25, 0.3) is 93.2 Å². The molecule has 0 aliphatic carbocycles. The van der Waals surface area contributed by atoms with Gasteiger partial charge in [-0.15, -0.1) is 0 Å². The molecule has 62 heavy (non-hydrogen) atoms. The molecule has 0 radical (unpaired) electrons. The van der Waals surface area contributed by atoms with Gasteiger partial charge in [-0.3, -0.25) is 0 Å². The smallest absolute Gasteiger partial charge is 0.0547 e. The Bertz CT molecular complexity index is 3610. The maximum atomic E-state index is 2.44. The first-order valence-corrected chi connectivity index (χ1v) is 21.3. The monoisotopic (exact) mass is 788 g/mol. The molecule has 12 aromatic rings. The molecule has 0 bridgehead atoms. The standard InChI is InChI=1S/C60H40N2/c1-2-14-44(15-3-1)54-27-12-20-46-34-39-58-60(59(46)54)55-25-8-9-28-57(55)62(58)50-22-10-21-47(40-50)41-30-35-48(36-31-41)61(56-29-13-19-43-17-5-7-24-53(43)56)49-37-32-45(33-38-49)52-26-11-18-42-16-4-6-23-51(42)52/h1-40H. The first-order chi connectivity index (χ1) is 30.8. The zero-order valence-electron chi connectivity index (χ0n) is 34.0. The van der Waals surface area contributed by atoms with Gasteiger partial charge in [0.1, 0.15) is 0 Å². The molecule has 0 amide bonds. The number of fused-ring (bicyclic) bond motifs is 7. The van der Waals surface area contributed by atoms with E-state index in [0.717, 1.165) is 28.3 Å². The van der Waals surface area contributed by atoms with Gasteiger partial charge in [-0.2, -0.15) is 0 Å². The number of hydrogen-bond acceptors (Lipinski definition) is 1. The predicted octanol–water partition coefficient (Wildman–Crippen LogP) is 16.7. The molecule has 0 saturated carbocycles. The molecule has 1 aromatic heterocycles. The zero-order valence-corrected chi connectivity index (χ0v) is 34.0. The quantitative estimate of drug-likeness (QED) is 0.156. The lowest BCUT2D eigenvalue weighted by Gasteiger charge is -2.27. The van der Waals surface area contributed by atoms with E-state index in [1.54, 1.807) is 0 Å². The third-order valence-corrected chi connectivity index (χ3v) is 12.6. The first-order valence-electron chi connectivity index (χ1n) is 21.3. The van der Waals surface area contributed by atoms with E-state index in [9.17, 15) is 0 Å². The van der Waals surface area contributed by atoms with E-state index in [1.807, 2.05) is 0 Å². The molecule has 0 spiro atoms. The molecule has 0 saturated heterocycles. The summed E-state index contributed by atoms with van der Waals surface area (Å²) in [6.45, 7) is 0. The Hall–Kier alpha value is -8.20. The molecular weight excluding hydrogens is 749 g/mol. The highest BCUT2D eigenvalue weighted by molar-refractivity contribution is 6.25. The number of hydrogen-bond donors (Lipinski definition) is 0. The van der Waals surface area contributed by atoms with Crippen molar-refractivity contribution in [1.29, 1.82) is 0 Å². The number of rotatable bonds is 7. The Morgan fingerprint density at radius 2 is 0.839 bits per heavy atom. The van der Waals surface area contributed by atoms with Crippen LogP contribution in [0.2, 0.25) is 0 Å². The average Bonchev–Trinajstić information content (AvgIpc) is 3.69.